The molecular formula is C27H40N6O3S2. The Morgan fingerprint density at radius 3 is 2.37 bits per heavy atom. The highest BCUT2D eigenvalue weighted by atomic mass is 32.2. The summed E-state index contributed by atoms with van der Waals surface area (Å²) in [5, 5.41) is 16.6. The zero-order valence-electron chi connectivity index (χ0n) is 22.9. The van der Waals surface area contributed by atoms with Crippen LogP contribution >= 0.6 is 23.3 Å². The third kappa shape index (κ3) is 7.77. The van der Waals surface area contributed by atoms with Gasteiger partial charge in [-0.2, -0.15) is 11.8 Å². The van der Waals surface area contributed by atoms with Crippen molar-refractivity contribution in [3.8, 4) is 11.3 Å². The van der Waals surface area contributed by atoms with Crippen molar-refractivity contribution in [1.82, 2.24) is 25.5 Å². The van der Waals surface area contributed by atoms with Gasteiger partial charge in [-0.1, -0.05) is 61.0 Å². The minimum Gasteiger partial charge on any atom is -0.343 e. The lowest BCUT2D eigenvalue weighted by atomic mass is 9.83. The molecule has 3 amide bonds. The predicted octanol–water partition coefficient (Wildman–Crippen LogP) is 3.83. The summed E-state index contributed by atoms with van der Waals surface area (Å²) in [7, 11) is 1.71. The van der Waals surface area contributed by atoms with Gasteiger partial charge in [0.1, 0.15) is 22.8 Å². The molecule has 3 atom stereocenters. The van der Waals surface area contributed by atoms with E-state index in [4.69, 9.17) is 0 Å². The van der Waals surface area contributed by atoms with E-state index in [-0.39, 0.29) is 23.6 Å². The molecule has 208 valence electrons. The van der Waals surface area contributed by atoms with E-state index >= 15 is 0 Å². The normalized spacial score (nSPS) is 16.8. The van der Waals surface area contributed by atoms with Gasteiger partial charge in [-0.25, -0.2) is 0 Å². The smallest absolute Gasteiger partial charge is 0.249 e. The maximum atomic E-state index is 13.8. The van der Waals surface area contributed by atoms with Crippen LogP contribution in [0.1, 0.15) is 59.8 Å². The van der Waals surface area contributed by atoms with Gasteiger partial charge in [0.2, 0.25) is 17.7 Å². The number of nitrogens with one attached hydrogen (secondary N) is 4. The maximum Gasteiger partial charge on any atom is 0.249 e. The molecule has 1 aliphatic rings. The van der Waals surface area contributed by atoms with Crippen molar-refractivity contribution in [3.05, 3.63) is 30.3 Å². The van der Waals surface area contributed by atoms with Crippen molar-refractivity contribution in [2.45, 2.75) is 82.7 Å². The Morgan fingerprint density at radius 2 is 1.74 bits per heavy atom. The highest BCUT2D eigenvalue weighted by molar-refractivity contribution is 8.00. The van der Waals surface area contributed by atoms with Gasteiger partial charge in [0.15, 0.2) is 0 Å². The minimum atomic E-state index is -0.851. The Labute approximate surface area is 233 Å². The molecule has 3 rings (SSSR count). The molecule has 1 aromatic carbocycles. The second-order valence-corrected chi connectivity index (χ2v) is 12.9. The summed E-state index contributed by atoms with van der Waals surface area (Å²) in [4.78, 5) is 40.3. The third-order valence-electron chi connectivity index (χ3n) is 7.06. The summed E-state index contributed by atoms with van der Waals surface area (Å²) < 4.78 is 3.44. The van der Waals surface area contributed by atoms with Crippen molar-refractivity contribution in [1.29, 1.82) is 0 Å². The molecule has 0 aliphatic heterocycles. The number of aromatic nitrogens is 2. The predicted molar refractivity (Wildman–Crippen MR) is 155 cm³/mol. The van der Waals surface area contributed by atoms with E-state index in [1.54, 1.807) is 25.7 Å². The fourth-order valence-corrected chi connectivity index (χ4v) is 6.43. The van der Waals surface area contributed by atoms with Gasteiger partial charge < -0.3 is 21.3 Å². The topological polar surface area (TPSA) is 125 Å². The molecule has 1 saturated carbocycles. The van der Waals surface area contributed by atoms with Crippen molar-refractivity contribution in [2.75, 3.05) is 18.1 Å². The Balaban J connectivity index is 1.85. The minimum absolute atomic E-state index is 0.0257. The fourth-order valence-electron chi connectivity index (χ4n) is 4.76. The standard InChI is InChI=1S/C27H40N6O3S2/c1-6-37-27(3,4)22(25(36)31-26-21(32-33-38-26)19-15-11-8-12-16-19)30-24(35)20(18-13-9-7-10-14-18)29-23(34)17(2)28-5/h8,11-12,15-18,20,22,28H,6-7,9-10,13-14H2,1-5H3,(H,29,34)(H,30,35)(H,31,36)/t17-,20-,22+/m0/s1. The molecule has 0 spiro atoms. The molecule has 2 aromatic rings. The van der Waals surface area contributed by atoms with Gasteiger partial charge in [-0.15, -0.1) is 5.10 Å². The first-order chi connectivity index (χ1) is 18.2. The molecule has 0 bridgehead atoms. The number of nitrogens with zero attached hydrogens (tertiary/aromatic N) is 2. The summed E-state index contributed by atoms with van der Waals surface area (Å²) >= 11 is 2.69. The van der Waals surface area contributed by atoms with Crippen LogP contribution in [0.4, 0.5) is 5.00 Å². The summed E-state index contributed by atoms with van der Waals surface area (Å²) in [6, 6.07) is 7.54. The summed E-state index contributed by atoms with van der Waals surface area (Å²) in [6.07, 6.45) is 4.90. The van der Waals surface area contributed by atoms with E-state index in [9.17, 15) is 14.4 Å². The second-order valence-electron chi connectivity index (χ2n) is 10.2. The van der Waals surface area contributed by atoms with E-state index in [1.807, 2.05) is 51.1 Å². The average Bonchev–Trinajstić information content (AvgIpc) is 3.38. The van der Waals surface area contributed by atoms with Crippen molar-refractivity contribution in [2.24, 2.45) is 5.92 Å². The van der Waals surface area contributed by atoms with Gasteiger partial charge in [0, 0.05) is 21.8 Å². The van der Waals surface area contributed by atoms with Gasteiger partial charge in [-0.3, -0.25) is 14.4 Å². The SMILES string of the molecule is CCSC(C)(C)[C@H](NC(=O)[C@@H](NC(=O)[C@H](C)NC)C1CCCCC1)C(=O)Nc1snnc1-c1ccccc1. The number of likely N-dealkylation sites (N-methyl/N-ethyl adjacent to an activating group) is 1. The zero-order valence-corrected chi connectivity index (χ0v) is 24.5. The van der Waals surface area contributed by atoms with Gasteiger partial charge in [0.05, 0.1) is 6.04 Å². The quantitative estimate of drug-likeness (QED) is 0.311. The molecule has 0 radical (unpaired) electrons. The molecule has 4 N–H and O–H groups in total. The van der Waals surface area contributed by atoms with Crippen LogP contribution in [0, 0.1) is 5.92 Å². The summed E-state index contributed by atoms with van der Waals surface area (Å²) in [6.45, 7) is 7.68. The van der Waals surface area contributed by atoms with Crippen molar-refractivity contribution >= 4 is 46.0 Å². The Morgan fingerprint density at radius 1 is 1.05 bits per heavy atom. The van der Waals surface area contributed by atoms with E-state index in [2.05, 4.69) is 30.9 Å². The molecule has 1 heterocycles. The fraction of sp³-hybridized carbons (Fsp3) is 0.593. The van der Waals surface area contributed by atoms with Crippen LogP contribution in [0.15, 0.2) is 30.3 Å². The van der Waals surface area contributed by atoms with E-state index in [0.29, 0.717) is 10.7 Å². The zero-order chi connectivity index (χ0) is 27.7. The number of amides is 3. The highest BCUT2D eigenvalue weighted by Gasteiger charge is 2.40. The molecule has 11 heteroatoms. The molecular weight excluding hydrogens is 520 g/mol. The number of anilines is 1. The number of carbonyl (C=O) groups is 3. The lowest BCUT2D eigenvalue weighted by molar-refractivity contribution is -0.133. The van der Waals surface area contributed by atoms with Crippen molar-refractivity contribution < 1.29 is 14.4 Å². The first-order valence-corrected chi connectivity index (χ1v) is 15.0. The largest absolute Gasteiger partial charge is 0.343 e. The molecule has 1 aromatic heterocycles. The number of thioether (sulfide) groups is 1. The molecule has 9 nitrogen and oxygen atoms in total. The van der Waals surface area contributed by atoms with E-state index in [0.717, 1.165) is 55.0 Å². The van der Waals surface area contributed by atoms with Crippen LogP contribution in [-0.4, -0.2) is 63.0 Å². The number of hydrogen-bond donors (Lipinski definition) is 4. The van der Waals surface area contributed by atoms with E-state index in [1.165, 1.54) is 0 Å². The second kappa shape index (κ2) is 14.0. The number of benzene rings is 1. The molecule has 0 saturated heterocycles. The van der Waals surface area contributed by atoms with Crippen LogP contribution in [0.5, 0.6) is 0 Å². The summed E-state index contributed by atoms with van der Waals surface area (Å²) in [5.41, 5.74) is 1.43. The lowest BCUT2D eigenvalue weighted by Gasteiger charge is -2.36. The van der Waals surface area contributed by atoms with Crippen molar-refractivity contribution in [3.63, 3.8) is 0 Å². The first kappa shape index (κ1) is 30.0. The monoisotopic (exact) mass is 560 g/mol. The number of carbonyl (C=O) groups excluding carboxylic acids is 3. The third-order valence-corrected chi connectivity index (χ3v) is 8.97. The van der Waals surface area contributed by atoms with Gasteiger partial charge in [-0.05, 0) is 52.3 Å². The Hall–Kier alpha value is -2.50. The molecule has 1 fully saturated rings. The molecule has 38 heavy (non-hydrogen) atoms. The van der Waals surface area contributed by atoms with Crippen LogP contribution in [0.25, 0.3) is 11.3 Å². The first-order valence-electron chi connectivity index (χ1n) is 13.3. The van der Waals surface area contributed by atoms with Crippen LogP contribution in [-0.2, 0) is 14.4 Å². The van der Waals surface area contributed by atoms with Crippen LogP contribution in [0.3, 0.4) is 0 Å². The highest BCUT2D eigenvalue weighted by Crippen LogP contribution is 2.33. The Bertz CT molecular complexity index is 1070. The van der Waals surface area contributed by atoms with E-state index < -0.39 is 22.9 Å². The molecule has 1 aliphatic carbocycles. The number of hydrogen-bond acceptors (Lipinski definition) is 8. The molecule has 0 unspecified atom stereocenters. The lowest BCUT2D eigenvalue weighted by Crippen LogP contribution is -2.61. The van der Waals surface area contributed by atoms with Crippen LogP contribution in [0.2, 0.25) is 0 Å². The number of rotatable bonds is 12. The summed E-state index contributed by atoms with van der Waals surface area (Å²) in [5.74, 6) is -0.108. The van der Waals surface area contributed by atoms with Gasteiger partial charge >= 0.3 is 0 Å². The average molecular weight is 561 g/mol. The Kier molecular flexibility index (Phi) is 11.1. The maximum absolute atomic E-state index is 13.8. The van der Waals surface area contributed by atoms with Crippen LogP contribution < -0.4 is 21.3 Å². The van der Waals surface area contributed by atoms with Gasteiger partial charge in [0.25, 0.3) is 0 Å².